The second-order valence-electron chi connectivity index (χ2n) is 4.09. The number of Topliss-reactive ketones (excluding diaryl/α,β-unsaturated/α-hetero) is 1. The van der Waals surface area contributed by atoms with E-state index >= 15 is 0 Å². The van der Waals surface area contributed by atoms with Gasteiger partial charge in [-0.15, -0.1) is 0 Å². The first kappa shape index (κ1) is 15.7. The van der Waals surface area contributed by atoms with Gasteiger partial charge in [0.15, 0.2) is 0 Å². The quantitative estimate of drug-likeness (QED) is 0.595. The van der Waals surface area contributed by atoms with Crippen LogP contribution < -0.4 is 4.74 Å². The lowest BCUT2D eigenvalue weighted by atomic mass is 9.96. The zero-order valence-corrected chi connectivity index (χ0v) is 12.8. The Morgan fingerprint density at radius 1 is 1.37 bits per heavy atom. The number of ether oxygens (including phenoxy) is 2. The largest absolute Gasteiger partial charge is 0.496 e. The van der Waals surface area contributed by atoms with Crippen LogP contribution in [0.15, 0.2) is 22.7 Å². The molecule has 1 unspecified atom stereocenters. The van der Waals surface area contributed by atoms with Crippen LogP contribution >= 0.6 is 15.9 Å². The molecule has 0 N–H and O–H groups in total. The summed E-state index contributed by atoms with van der Waals surface area (Å²) >= 11 is 3.38. The summed E-state index contributed by atoms with van der Waals surface area (Å²) < 4.78 is 10.8. The second kappa shape index (κ2) is 7.28. The standard InChI is InChI=1S/C14H17BrO4/c1-4-19-14(17)11(9(2)16)7-10-5-6-13(18-3)12(15)8-10/h5-6,8,11H,4,7H2,1-3H3. The third-order valence-electron chi connectivity index (χ3n) is 2.72. The molecule has 0 radical (unpaired) electrons. The number of ketones is 1. The number of esters is 1. The van der Waals surface area contributed by atoms with Gasteiger partial charge in [0.1, 0.15) is 17.5 Å². The van der Waals surface area contributed by atoms with Gasteiger partial charge in [-0.2, -0.15) is 0 Å². The number of rotatable bonds is 6. The summed E-state index contributed by atoms with van der Waals surface area (Å²) in [6.45, 7) is 3.40. The lowest BCUT2D eigenvalue weighted by Gasteiger charge is -2.13. The van der Waals surface area contributed by atoms with Crippen molar-refractivity contribution in [2.45, 2.75) is 20.3 Å². The molecule has 1 aromatic rings. The summed E-state index contributed by atoms with van der Waals surface area (Å²) in [4.78, 5) is 23.3. The van der Waals surface area contributed by atoms with Gasteiger partial charge in [-0.1, -0.05) is 6.07 Å². The molecule has 1 atom stereocenters. The minimum Gasteiger partial charge on any atom is -0.496 e. The maximum atomic E-state index is 11.7. The van der Waals surface area contributed by atoms with Gasteiger partial charge >= 0.3 is 5.97 Å². The highest BCUT2D eigenvalue weighted by atomic mass is 79.9. The molecule has 0 heterocycles. The maximum absolute atomic E-state index is 11.7. The van der Waals surface area contributed by atoms with E-state index in [0.29, 0.717) is 12.2 Å². The number of hydrogen-bond acceptors (Lipinski definition) is 4. The van der Waals surface area contributed by atoms with Gasteiger partial charge in [0.05, 0.1) is 18.2 Å². The maximum Gasteiger partial charge on any atom is 0.316 e. The fraction of sp³-hybridized carbons (Fsp3) is 0.429. The molecule has 0 fully saturated rings. The highest BCUT2D eigenvalue weighted by molar-refractivity contribution is 9.10. The third kappa shape index (κ3) is 4.35. The van der Waals surface area contributed by atoms with Gasteiger partial charge in [0.2, 0.25) is 0 Å². The van der Waals surface area contributed by atoms with Crippen LogP contribution in [0.5, 0.6) is 5.75 Å². The Hall–Kier alpha value is -1.36. The highest BCUT2D eigenvalue weighted by Crippen LogP contribution is 2.26. The lowest BCUT2D eigenvalue weighted by Crippen LogP contribution is -2.26. The van der Waals surface area contributed by atoms with Crippen LogP contribution in [0.3, 0.4) is 0 Å². The fourth-order valence-electron chi connectivity index (χ4n) is 1.71. The molecular weight excluding hydrogens is 312 g/mol. The molecule has 0 aliphatic heterocycles. The molecule has 19 heavy (non-hydrogen) atoms. The van der Waals surface area contributed by atoms with Crippen LogP contribution in [0.4, 0.5) is 0 Å². The molecule has 0 saturated carbocycles. The van der Waals surface area contributed by atoms with Gasteiger partial charge in [-0.25, -0.2) is 0 Å². The zero-order valence-electron chi connectivity index (χ0n) is 11.2. The highest BCUT2D eigenvalue weighted by Gasteiger charge is 2.25. The van der Waals surface area contributed by atoms with Crippen molar-refractivity contribution in [2.24, 2.45) is 5.92 Å². The summed E-state index contributed by atoms with van der Waals surface area (Å²) in [5.74, 6) is -0.702. The van der Waals surface area contributed by atoms with Gasteiger partial charge in [0, 0.05) is 0 Å². The van der Waals surface area contributed by atoms with Gasteiger partial charge in [0.25, 0.3) is 0 Å². The van der Waals surface area contributed by atoms with Crippen LogP contribution in [0.25, 0.3) is 0 Å². The first-order chi connectivity index (χ1) is 8.99. The smallest absolute Gasteiger partial charge is 0.316 e. The summed E-state index contributed by atoms with van der Waals surface area (Å²) in [6.07, 6.45) is 0.330. The van der Waals surface area contributed by atoms with E-state index in [9.17, 15) is 9.59 Å². The average Bonchev–Trinajstić information content (AvgIpc) is 2.36. The van der Waals surface area contributed by atoms with Crippen molar-refractivity contribution in [3.8, 4) is 5.75 Å². The number of hydrogen-bond donors (Lipinski definition) is 0. The Labute approximate surface area is 121 Å². The SMILES string of the molecule is CCOC(=O)C(Cc1ccc(OC)c(Br)c1)C(C)=O. The molecule has 4 nitrogen and oxygen atoms in total. The van der Waals surface area contributed by atoms with E-state index in [4.69, 9.17) is 9.47 Å². The molecule has 104 valence electrons. The Kier molecular flexibility index (Phi) is 6.02. The Morgan fingerprint density at radius 2 is 2.05 bits per heavy atom. The molecule has 1 rings (SSSR count). The first-order valence-corrected chi connectivity index (χ1v) is 6.78. The summed E-state index contributed by atoms with van der Waals surface area (Å²) in [7, 11) is 1.58. The van der Waals surface area contributed by atoms with Crippen molar-refractivity contribution in [1.82, 2.24) is 0 Å². The molecular formula is C14H17BrO4. The summed E-state index contributed by atoms with van der Waals surface area (Å²) in [5, 5.41) is 0. The molecule has 5 heteroatoms. The monoisotopic (exact) mass is 328 g/mol. The van der Waals surface area contributed by atoms with Crippen LogP contribution in [0.2, 0.25) is 0 Å². The van der Waals surface area contributed by atoms with E-state index in [1.807, 2.05) is 12.1 Å². The second-order valence-corrected chi connectivity index (χ2v) is 4.94. The van der Waals surface area contributed by atoms with E-state index in [-0.39, 0.29) is 12.4 Å². The lowest BCUT2D eigenvalue weighted by molar-refractivity contribution is -0.151. The Balaban J connectivity index is 2.88. The average molecular weight is 329 g/mol. The first-order valence-electron chi connectivity index (χ1n) is 5.99. The minimum atomic E-state index is -0.750. The zero-order chi connectivity index (χ0) is 14.4. The van der Waals surface area contributed by atoms with Gasteiger partial charge in [-0.3, -0.25) is 9.59 Å². The normalized spacial score (nSPS) is 11.8. The number of methoxy groups -OCH3 is 1. The molecule has 0 aliphatic rings. The van der Waals surface area contributed by atoms with Crippen LogP contribution in [0, 0.1) is 5.92 Å². The van der Waals surface area contributed by atoms with Crippen molar-refractivity contribution >= 4 is 27.7 Å². The molecule has 0 spiro atoms. The number of carbonyl (C=O) groups excluding carboxylic acids is 2. The van der Waals surface area contributed by atoms with E-state index in [0.717, 1.165) is 10.0 Å². The van der Waals surface area contributed by atoms with Gasteiger partial charge in [-0.05, 0) is 53.9 Å². The van der Waals surface area contributed by atoms with Crippen LogP contribution in [0.1, 0.15) is 19.4 Å². The molecule has 1 aromatic carbocycles. The third-order valence-corrected chi connectivity index (χ3v) is 3.34. The van der Waals surface area contributed by atoms with Crippen molar-refractivity contribution in [3.63, 3.8) is 0 Å². The summed E-state index contributed by atoms with van der Waals surface area (Å²) in [5.41, 5.74) is 0.876. The number of benzene rings is 1. The van der Waals surface area contributed by atoms with E-state index in [1.54, 1.807) is 20.1 Å². The molecule has 0 amide bonds. The fourth-order valence-corrected chi connectivity index (χ4v) is 2.30. The number of halogens is 1. The minimum absolute atomic E-state index is 0.189. The topological polar surface area (TPSA) is 52.6 Å². The Morgan fingerprint density at radius 3 is 2.53 bits per heavy atom. The number of carbonyl (C=O) groups is 2. The van der Waals surface area contributed by atoms with Crippen molar-refractivity contribution < 1.29 is 19.1 Å². The predicted molar refractivity (Wildman–Crippen MR) is 75.2 cm³/mol. The molecule has 0 bridgehead atoms. The van der Waals surface area contributed by atoms with Crippen LogP contribution in [-0.4, -0.2) is 25.5 Å². The van der Waals surface area contributed by atoms with E-state index < -0.39 is 11.9 Å². The summed E-state index contributed by atoms with van der Waals surface area (Å²) in [6, 6.07) is 5.47. The van der Waals surface area contributed by atoms with E-state index in [1.165, 1.54) is 6.92 Å². The van der Waals surface area contributed by atoms with E-state index in [2.05, 4.69) is 15.9 Å². The van der Waals surface area contributed by atoms with Crippen molar-refractivity contribution in [2.75, 3.05) is 13.7 Å². The van der Waals surface area contributed by atoms with Gasteiger partial charge < -0.3 is 9.47 Å². The molecule has 0 aromatic heterocycles. The Bertz CT molecular complexity index is 471. The van der Waals surface area contributed by atoms with Crippen molar-refractivity contribution in [1.29, 1.82) is 0 Å². The van der Waals surface area contributed by atoms with Crippen LogP contribution in [-0.2, 0) is 20.7 Å². The molecule has 0 aliphatic carbocycles. The molecule has 0 saturated heterocycles. The predicted octanol–water partition coefficient (Wildman–Crippen LogP) is 2.77. The van der Waals surface area contributed by atoms with Crippen molar-refractivity contribution in [3.05, 3.63) is 28.2 Å².